The van der Waals surface area contributed by atoms with E-state index in [1.54, 1.807) is 17.3 Å². The molecule has 1 aromatic rings. The molecule has 0 aromatic carbocycles. The van der Waals surface area contributed by atoms with Crippen LogP contribution in [0.3, 0.4) is 0 Å². The first kappa shape index (κ1) is 10.9. The number of rotatable bonds is 6. The Kier molecular flexibility index (Phi) is 5.29. The second-order valence-corrected chi connectivity index (χ2v) is 4.43. The van der Waals surface area contributed by atoms with Gasteiger partial charge in [-0.2, -0.15) is 0 Å². The molecule has 0 bridgehead atoms. The van der Waals surface area contributed by atoms with E-state index >= 15 is 0 Å². The minimum absolute atomic E-state index is 0.124. The molecule has 2 N–H and O–H groups in total. The minimum atomic E-state index is 0.124. The fourth-order valence-corrected chi connectivity index (χ4v) is 2.36. The minimum Gasteiger partial charge on any atom is -0.376 e. The van der Waals surface area contributed by atoms with Gasteiger partial charge in [0.1, 0.15) is 5.51 Å². The van der Waals surface area contributed by atoms with Gasteiger partial charge < -0.3 is 10.5 Å². The smallest absolute Gasteiger partial charge is 0.174 e. The van der Waals surface area contributed by atoms with Crippen LogP contribution in [0, 0.1) is 0 Å². The predicted molar refractivity (Wildman–Crippen MR) is 55.1 cm³/mol. The van der Waals surface area contributed by atoms with E-state index in [-0.39, 0.29) is 6.10 Å². The predicted octanol–water partition coefficient (Wildman–Crippen LogP) is 0.994. The summed E-state index contributed by atoms with van der Waals surface area (Å²) in [6.45, 7) is 3.23. The largest absolute Gasteiger partial charge is 0.376 e. The molecule has 74 valence electrons. The summed E-state index contributed by atoms with van der Waals surface area (Å²) < 4.78 is 6.37. The summed E-state index contributed by atoms with van der Waals surface area (Å²) in [5.74, 6) is 0.847. The summed E-state index contributed by atoms with van der Waals surface area (Å²) in [5, 5.41) is 7.67. The number of thioether (sulfide) groups is 1. The number of aromatic nitrogens is 2. The Morgan fingerprint density at radius 3 is 3.15 bits per heavy atom. The molecule has 0 fully saturated rings. The summed E-state index contributed by atoms with van der Waals surface area (Å²) in [7, 11) is 0. The first-order valence-corrected chi connectivity index (χ1v) is 5.94. The van der Waals surface area contributed by atoms with Crippen LogP contribution < -0.4 is 5.73 Å². The third kappa shape index (κ3) is 4.04. The van der Waals surface area contributed by atoms with Crippen LogP contribution in [0.1, 0.15) is 6.92 Å². The fourth-order valence-electron chi connectivity index (χ4n) is 0.810. The van der Waals surface area contributed by atoms with Crippen molar-refractivity contribution in [1.29, 1.82) is 0 Å². The van der Waals surface area contributed by atoms with E-state index in [4.69, 9.17) is 10.5 Å². The molecule has 13 heavy (non-hydrogen) atoms. The van der Waals surface area contributed by atoms with Gasteiger partial charge in [-0.15, -0.1) is 10.2 Å². The molecular weight excluding hydrogens is 206 g/mol. The lowest BCUT2D eigenvalue weighted by Gasteiger charge is -2.12. The SMILES string of the molecule is CCOC(CN)CSc1nncs1. The standard InChI is InChI=1S/C7H13N3OS2/c1-2-11-6(3-8)4-12-7-10-9-5-13-7/h5-6H,2-4,8H2,1H3. The second-order valence-electron chi connectivity index (χ2n) is 2.33. The molecule has 1 aromatic heterocycles. The molecule has 0 radical (unpaired) electrons. The second kappa shape index (κ2) is 6.31. The Bertz CT molecular complexity index is 218. The number of nitrogens with two attached hydrogens (primary N) is 1. The molecule has 6 heteroatoms. The quantitative estimate of drug-likeness (QED) is 0.723. The van der Waals surface area contributed by atoms with Crippen LogP contribution in [0.25, 0.3) is 0 Å². The molecular formula is C7H13N3OS2. The van der Waals surface area contributed by atoms with Gasteiger partial charge in [0.2, 0.25) is 0 Å². The van der Waals surface area contributed by atoms with Gasteiger partial charge in [-0.3, -0.25) is 0 Å². The van der Waals surface area contributed by atoms with Crippen LogP contribution in [0.2, 0.25) is 0 Å². The number of hydrogen-bond donors (Lipinski definition) is 1. The van der Waals surface area contributed by atoms with Crippen LogP contribution in [-0.2, 0) is 4.74 Å². The Labute approximate surface area is 85.9 Å². The molecule has 0 saturated carbocycles. The van der Waals surface area contributed by atoms with Crippen molar-refractivity contribution in [2.75, 3.05) is 18.9 Å². The van der Waals surface area contributed by atoms with E-state index in [9.17, 15) is 0 Å². The number of nitrogens with zero attached hydrogens (tertiary/aromatic N) is 2. The number of ether oxygens (including phenoxy) is 1. The van der Waals surface area contributed by atoms with Gasteiger partial charge in [-0.1, -0.05) is 23.1 Å². The highest BCUT2D eigenvalue weighted by Crippen LogP contribution is 2.20. The van der Waals surface area contributed by atoms with Crippen molar-refractivity contribution >= 4 is 23.1 Å². The zero-order valence-corrected chi connectivity index (χ0v) is 9.11. The molecule has 0 spiro atoms. The van der Waals surface area contributed by atoms with Gasteiger partial charge >= 0.3 is 0 Å². The maximum atomic E-state index is 5.53. The van der Waals surface area contributed by atoms with Crippen LogP contribution in [-0.4, -0.2) is 35.2 Å². The highest BCUT2D eigenvalue weighted by atomic mass is 32.2. The fraction of sp³-hybridized carbons (Fsp3) is 0.714. The van der Waals surface area contributed by atoms with E-state index in [1.807, 2.05) is 6.92 Å². The maximum absolute atomic E-state index is 5.53. The molecule has 0 aliphatic heterocycles. The first-order valence-electron chi connectivity index (χ1n) is 4.07. The van der Waals surface area contributed by atoms with E-state index < -0.39 is 0 Å². The van der Waals surface area contributed by atoms with Crippen LogP contribution in [0.5, 0.6) is 0 Å². The highest BCUT2D eigenvalue weighted by molar-refractivity contribution is 8.01. The number of hydrogen-bond acceptors (Lipinski definition) is 6. The van der Waals surface area contributed by atoms with Crippen molar-refractivity contribution in [2.45, 2.75) is 17.4 Å². The average Bonchev–Trinajstić information content (AvgIpc) is 2.64. The molecule has 0 aliphatic rings. The molecule has 0 amide bonds. The summed E-state index contributed by atoms with van der Waals surface area (Å²) in [4.78, 5) is 0. The topological polar surface area (TPSA) is 61.0 Å². The van der Waals surface area contributed by atoms with E-state index in [0.717, 1.165) is 10.1 Å². The summed E-state index contributed by atoms with van der Waals surface area (Å²) in [5.41, 5.74) is 7.25. The van der Waals surface area contributed by atoms with Gasteiger partial charge in [-0.05, 0) is 6.92 Å². The van der Waals surface area contributed by atoms with E-state index in [2.05, 4.69) is 10.2 Å². The van der Waals surface area contributed by atoms with Gasteiger partial charge in [0.25, 0.3) is 0 Å². The third-order valence-electron chi connectivity index (χ3n) is 1.40. The Morgan fingerprint density at radius 1 is 1.77 bits per heavy atom. The molecule has 1 atom stereocenters. The van der Waals surface area contributed by atoms with Crippen LogP contribution in [0.4, 0.5) is 0 Å². The third-order valence-corrected chi connectivity index (χ3v) is 3.39. The normalized spacial score (nSPS) is 13.1. The van der Waals surface area contributed by atoms with Gasteiger partial charge in [-0.25, -0.2) is 0 Å². The van der Waals surface area contributed by atoms with Gasteiger partial charge in [0.05, 0.1) is 6.10 Å². The van der Waals surface area contributed by atoms with Crippen molar-refractivity contribution in [2.24, 2.45) is 5.73 Å². The molecule has 0 aliphatic carbocycles. The van der Waals surface area contributed by atoms with Crippen molar-refractivity contribution in [3.8, 4) is 0 Å². The zero-order valence-electron chi connectivity index (χ0n) is 7.47. The highest BCUT2D eigenvalue weighted by Gasteiger charge is 2.07. The van der Waals surface area contributed by atoms with Crippen molar-refractivity contribution in [3.63, 3.8) is 0 Å². The zero-order chi connectivity index (χ0) is 9.52. The van der Waals surface area contributed by atoms with Crippen LogP contribution >= 0.6 is 23.1 Å². The lowest BCUT2D eigenvalue weighted by atomic mass is 10.4. The van der Waals surface area contributed by atoms with Crippen molar-refractivity contribution in [3.05, 3.63) is 5.51 Å². The molecule has 0 saturated heterocycles. The molecule has 1 rings (SSSR count). The summed E-state index contributed by atoms with van der Waals surface area (Å²) >= 11 is 3.18. The van der Waals surface area contributed by atoms with Crippen LogP contribution in [0.15, 0.2) is 9.85 Å². The van der Waals surface area contributed by atoms with Crippen molar-refractivity contribution in [1.82, 2.24) is 10.2 Å². The molecule has 1 unspecified atom stereocenters. The summed E-state index contributed by atoms with van der Waals surface area (Å²) in [6.07, 6.45) is 0.124. The van der Waals surface area contributed by atoms with E-state index in [1.165, 1.54) is 11.3 Å². The van der Waals surface area contributed by atoms with Crippen molar-refractivity contribution < 1.29 is 4.74 Å². The molecule has 4 nitrogen and oxygen atoms in total. The average molecular weight is 219 g/mol. The maximum Gasteiger partial charge on any atom is 0.174 e. The summed E-state index contributed by atoms with van der Waals surface area (Å²) in [6, 6.07) is 0. The van der Waals surface area contributed by atoms with Gasteiger partial charge in [0.15, 0.2) is 4.34 Å². The Morgan fingerprint density at radius 2 is 2.62 bits per heavy atom. The van der Waals surface area contributed by atoms with E-state index in [0.29, 0.717) is 13.2 Å². The van der Waals surface area contributed by atoms with Gasteiger partial charge in [0, 0.05) is 18.9 Å². The first-order chi connectivity index (χ1) is 6.36. The monoisotopic (exact) mass is 219 g/mol. The lowest BCUT2D eigenvalue weighted by molar-refractivity contribution is 0.0858. The Hall–Kier alpha value is -0.170. The Balaban J connectivity index is 2.23. The molecule has 1 heterocycles. The lowest BCUT2D eigenvalue weighted by Crippen LogP contribution is -2.26.